The minimum absolute atomic E-state index is 0.117. The average Bonchev–Trinajstić information content (AvgIpc) is 2.71. The van der Waals surface area contributed by atoms with E-state index in [1.807, 2.05) is 0 Å². The molecule has 0 radical (unpaired) electrons. The van der Waals surface area contributed by atoms with Gasteiger partial charge in [-0.25, -0.2) is 8.42 Å². The van der Waals surface area contributed by atoms with E-state index >= 15 is 0 Å². The van der Waals surface area contributed by atoms with Gasteiger partial charge in [0.15, 0.2) is 0 Å². The highest BCUT2D eigenvalue weighted by atomic mass is 32.2. The molecule has 3 heteroatoms. The molecule has 0 fully saturated rings. The molecule has 2 nitrogen and oxygen atoms in total. The van der Waals surface area contributed by atoms with Gasteiger partial charge in [-0.3, -0.25) is 0 Å². The molecule has 0 atom stereocenters. The van der Waals surface area contributed by atoms with E-state index in [0.29, 0.717) is 21.6 Å². The van der Waals surface area contributed by atoms with Crippen LogP contribution in [0.2, 0.25) is 0 Å². The van der Waals surface area contributed by atoms with Gasteiger partial charge in [0, 0.05) is 0 Å². The monoisotopic (exact) mass is 470 g/mol. The predicted molar refractivity (Wildman–Crippen MR) is 143 cm³/mol. The summed E-state index contributed by atoms with van der Waals surface area (Å²) in [6, 6.07) is 8.56. The Kier molecular flexibility index (Phi) is 8.66. The summed E-state index contributed by atoms with van der Waals surface area (Å²) in [6.07, 6.45) is 0. The van der Waals surface area contributed by atoms with E-state index < -0.39 is 9.84 Å². The number of sulfone groups is 1. The van der Waals surface area contributed by atoms with Crippen molar-refractivity contribution in [1.82, 2.24) is 0 Å². The second kappa shape index (κ2) is 10.3. The molecule has 2 aromatic rings. The van der Waals surface area contributed by atoms with E-state index in [4.69, 9.17) is 0 Å². The van der Waals surface area contributed by atoms with Crippen LogP contribution in [0.1, 0.15) is 152 Å². The molecular weight excluding hydrogens is 424 g/mol. The molecule has 2 rings (SSSR count). The molecule has 0 saturated heterocycles. The SMILES string of the molecule is CC(C)c1cc(C(C)C)c(S(=O)(=O)c2c(C(C)C)cc(C(C)C)cc2C(C)C)c(C(C)C)c1. The highest BCUT2D eigenvalue weighted by Crippen LogP contribution is 2.43. The fourth-order valence-electron chi connectivity index (χ4n) is 4.50. The predicted octanol–water partition coefficient (Wildman–Crippen LogP) is 9.26. The van der Waals surface area contributed by atoms with Crippen LogP contribution in [0.4, 0.5) is 0 Å². The van der Waals surface area contributed by atoms with Crippen LogP contribution >= 0.6 is 0 Å². The summed E-state index contributed by atoms with van der Waals surface area (Å²) in [5.41, 5.74) is 6.21. The zero-order valence-corrected chi connectivity index (χ0v) is 23.8. The number of benzene rings is 2. The molecule has 0 aliphatic heterocycles. The highest BCUT2D eigenvalue weighted by molar-refractivity contribution is 7.91. The largest absolute Gasteiger partial charge is 0.218 e. The number of hydrogen-bond donors (Lipinski definition) is 0. The average molecular weight is 471 g/mol. The van der Waals surface area contributed by atoms with Crippen molar-refractivity contribution in [3.63, 3.8) is 0 Å². The Morgan fingerprint density at radius 3 is 0.788 bits per heavy atom. The van der Waals surface area contributed by atoms with Gasteiger partial charge in [0.2, 0.25) is 9.84 Å². The van der Waals surface area contributed by atoms with Crippen LogP contribution in [0, 0.1) is 0 Å². The Morgan fingerprint density at radius 2 is 0.636 bits per heavy atom. The van der Waals surface area contributed by atoms with Gasteiger partial charge in [-0.05, 0) is 68.9 Å². The lowest BCUT2D eigenvalue weighted by Gasteiger charge is -2.27. The molecule has 0 aliphatic carbocycles. The minimum atomic E-state index is -3.73. The van der Waals surface area contributed by atoms with Crippen LogP contribution in [0.25, 0.3) is 0 Å². The Balaban J connectivity index is 3.10. The third kappa shape index (κ3) is 5.56. The Hall–Kier alpha value is -1.61. The van der Waals surface area contributed by atoms with Crippen LogP contribution < -0.4 is 0 Å². The lowest BCUT2D eigenvalue weighted by molar-refractivity contribution is 0.585. The van der Waals surface area contributed by atoms with Gasteiger partial charge in [0.25, 0.3) is 0 Å². The van der Waals surface area contributed by atoms with Crippen molar-refractivity contribution < 1.29 is 8.42 Å². The van der Waals surface area contributed by atoms with Gasteiger partial charge < -0.3 is 0 Å². The van der Waals surface area contributed by atoms with Crippen LogP contribution in [0.15, 0.2) is 34.1 Å². The maximum Gasteiger partial charge on any atom is 0.207 e. The normalized spacial score (nSPS) is 12.9. The summed E-state index contributed by atoms with van der Waals surface area (Å²) in [4.78, 5) is 1.08. The van der Waals surface area contributed by atoms with Crippen molar-refractivity contribution in [2.45, 2.75) is 128 Å². The molecule has 0 bridgehead atoms. The van der Waals surface area contributed by atoms with Crippen molar-refractivity contribution in [3.05, 3.63) is 57.6 Å². The fraction of sp³-hybridized carbons (Fsp3) is 0.600. The van der Waals surface area contributed by atoms with Crippen LogP contribution in [-0.2, 0) is 9.84 Å². The molecular formula is C30H46O2S. The first-order chi connectivity index (χ1) is 15.1. The summed E-state index contributed by atoms with van der Waals surface area (Å²) in [7, 11) is -3.73. The van der Waals surface area contributed by atoms with Gasteiger partial charge in [-0.2, -0.15) is 0 Å². The topological polar surface area (TPSA) is 34.1 Å². The first kappa shape index (κ1) is 27.6. The van der Waals surface area contributed by atoms with Crippen molar-refractivity contribution in [2.24, 2.45) is 0 Å². The van der Waals surface area contributed by atoms with Gasteiger partial charge in [-0.1, -0.05) is 107 Å². The van der Waals surface area contributed by atoms with Crippen LogP contribution in [0.3, 0.4) is 0 Å². The third-order valence-electron chi connectivity index (χ3n) is 6.70. The second-order valence-corrected chi connectivity index (χ2v) is 13.3. The summed E-state index contributed by atoms with van der Waals surface area (Å²) in [5.74, 6) is 1.16. The number of rotatable bonds is 8. The fourth-order valence-corrected chi connectivity index (χ4v) is 7.13. The molecule has 2 aromatic carbocycles. The van der Waals surface area contributed by atoms with E-state index in [1.54, 1.807) is 0 Å². The Morgan fingerprint density at radius 1 is 0.424 bits per heavy atom. The molecule has 0 aromatic heterocycles. The maximum atomic E-state index is 14.7. The first-order valence-electron chi connectivity index (χ1n) is 12.7. The van der Waals surface area contributed by atoms with E-state index in [1.165, 1.54) is 11.1 Å². The van der Waals surface area contributed by atoms with E-state index in [0.717, 1.165) is 22.3 Å². The molecule has 0 spiro atoms. The van der Waals surface area contributed by atoms with E-state index in [-0.39, 0.29) is 23.7 Å². The smallest absolute Gasteiger partial charge is 0.207 e. The summed E-state index contributed by atoms with van der Waals surface area (Å²) < 4.78 is 29.4. The maximum absolute atomic E-state index is 14.7. The van der Waals surface area contributed by atoms with Crippen molar-refractivity contribution >= 4 is 9.84 Å². The minimum Gasteiger partial charge on any atom is -0.218 e. The first-order valence-corrected chi connectivity index (χ1v) is 14.2. The highest BCUT2D eigenvalue weighted by Gasteiger charge is 2.33. The molecule has 184 valence electrons. The molecule has 0 heterocycles. The quantitative estimate of drug-likeness (QED) is 0.385. The van der Waals surface area contributed by atoms with Crippen LogP contribution in [-0.4, -0.2) is 8.42 Å². The second-order valence-electron chi connectivity index (χ2n) is 11.5. The van der Waals surface area contributed by atoms with Crippen LogP contribution in [0.5, 0.6) is 0 Å². The lowest BCUT2D eigenvalue weighted by atomic mass is 9.89. The summed E-state index contributed by atoms with van der Waals surface area (Å²) in [5, 5.41) is 0. The van der Waals surface area contributed by atoms with Gasteiger partial charge in [0.05, 0.1) is 9.79 Å². The molecule has 0 amide bonds. The van der Waals surface area contributed by atoms with Crippen molar-refractivity contribution in [1.29, 1.82) is 0 Å². The number of hydrogen-bond acceptors (Lipinski definition) is 2. The van der Waals surface area contributed by atoms with Gasteiger partial charge in [0.1, 0.15) is 0 Å². The van der Waals surface area contributed by atoms with Crippen molar-refractivity contribution in [2.75, 3.05) is 0 Å². The molecule has 33 heavy (non-hydrogen) atoms. The zero-order valence-electron chi connectivity index (χ0n) is 23.0. The molecule has 0 aliphatic rings. The van der Waals surface area contributed by atoms with E-state index in [2.05, 4.69) is 107 Å². The Labute approximate surface area is 204 Å². The molecule has 0 N–H and O–H groups in total. The summed E-state index contributed by atoms with van der Waals surface area (Å²) >= 11 is 0. The zero-order chi connectivity index (χ0) is 25.4. The Bertz CT molecular complexity index is 945. The third-order valence-corrected chi connectivity index (χ3v) is 8.71. The van der Waals surface area contributed by atoms with Gasteiger partial charge >= 0.3 is 0 Å². The molecule has 0 saturated carbocycles. The van der Waals surface area contributed by atoms with E-state index in [9.17, 15) is 8.42 Å². The van der Waals surface area contributed by atoms with Crippen molar-refractivity contribution in [3.8, 4) is 0 Å². The lowest BCUT2D eigenvalue weighted by Crippen LogP contribution is -2.17. The summed E-state index contributed by atoms with van der Waals surface area (Å²) in [6.45, 7) is 25.6. The molecule has 0 unspecified atom stereocenters. The van der Waals surface area contributed by atoms with Gasteiger partial charge in [-0.15, -0.1) is 0 Å². The standard InChI is InChI=1S/C30H46O2S/c1-17(2)23-13-25(19(5)6)29(26(14-23)20(7)8)33(31,32)30-27(21(9)10)15-24(18(3)4)16-28(30)22(11)12/h13-22H,1-12H3.